The molecule has 92 valence electrons. The number of carbonyl (C=O) groups excluding carboxylic acids is 2. The van der Waals surface area contributed by atoms with Crippen molar-refractivity contribution in [1.29, 1.82) is 0 Å². The van der Waals surface area contributed by atoms with E-state index in [1.807, 2.05) is 0 Å². The van der Waals surface area contributed by atoms with Crippen molar-refractivity contribution in [3.63, 3.8) is 0 Å². The van der Waals surface area contributed by atoms with Crippen LogP contribution in [0.4, 0.5) is 5.95 Å². The number of aromatic nitrogens is 3. The molecule has 0 saturated carbocycles. The average molecular weight is 238 g/mol. The maximum atomic E-state index is 11.9. The van der Waals surface area contributed by atoms with Crippen molar-refractivity contribution in [2.75, 3.05) is 25.4 Å². The minimum Gasteiger partial charge on any atom is -0.367 e. The molecule has 8 nitrogen and oxygen atoms in total. The van der Waals surface area contributed by atoms with Crippen molar-refractivity contribution in [2.24, 2.45) is 0 Å². The Kier molecular flexibility index (Phi) is 3.22. The molecule has 17 heavy (non-hydrogen) atoms. The summed E-state index contributed by atoms with van der Waals surface area (Å²) in [5.41, 5.74) is 5.35. The highest BCUT2D eigenvalue weighted by Crippen LogP contribution is 1.99. The number of hydrogen-bond donors (Lipinski definition) is 2. The van der Waals surface area contributed by atoms with Crippen molar-refractivity contribution in [1.82, 2.24) is 25.0 Å². The van der Waals surface area contributed by atoms with Crippen molar-refractivity contribution in [3.05, 3.63) is 6.33 Å². The summed E-state index contributed by atoms with van der Waals surface area (Å²) in [5.74, 6) is -0.160. The smallest absolute Gasteiger partial charge is 0.244 e. The van der Waals surface area contributed by atoms with Crippen LogP contribution in [0.5, 0.6) is 0 Å². The number of anilines is 1. The lowest BCUT2D eigenvalue weighted by Gasteiger charge is -2.18. The number of carbonyl (C=O) groups is 2. The van der Waals surface area contributed by atoms with E-state index in [4.69, 9.17) is 5.73 Å². The standard InChI is InChI=1S/C9H14N6O2/c10-9-12-6-15(13-9)5-8(17)14-3-1-2-11-7(16)4-14/h6H,1-5H2,(H2,10,13)(H,11,16). The molecule has 1 fully saturated rings. The normalized spacial score (nSPS) is 16.5. The number of nitrogen functional groups attached to an aromatic ring is 1. The molecule has 1 aromatic heterocycles. The van der Waals surface area contributed by atoms with E-state index >= 15 is 0 Å². The van der Waals surface area contributed by atoms with Crippen LogP contribution in [0.1, 0.15) is 6.42 Å². The highest BCUT2D eigenvalue weighted by molar-refractivity contribution is 5.85. The van der Waals surface area contributed by atoms with E-state index in [-0.39, 0.29) is 30.9 Å². The second-order valence-electron chi connectivity index (χ2n) is 3.82. The first-order valence-electron chi connectivity index (χ1n) is 5.34. The first-order chi connectivity index (χ1) is 8.15. The molecule has 0 aliphatic carbocycles. The molecular weight excluding hydrogens is 224 g/mol. The van der Waals surface area contributed by atoms with Crippen LogP contribution in [0.15, 0.2) is 6.33 Å². The molecule has 3 N–H and O–H groups in total. The maximum absolute atomic E-state index is 11.9. The fraction of sp³-hybridized carbons (Fsp3) is 0.556. The maximum Gasteiger partial charge on any atom is 0.244 e. The van der Waals surface area contributed by atoms with Gasteiger partial charge in [-0.1, -0.05) is 0 Å². The van der Waals surface area contributed by atoms with Gasteiger partial charge in [0, 0.05) is 13.1 Å². The van der Waals surface area contributed by atoms with Gasteiger partial charge in [0.25, 0.3) is 0 Å². The van der Waals surface area contributed by atoms with Crippen LogP contribution in [0.3, 0.4) is 0 Å². The molecule has 0 bridgehead atoms. The lowest BCUT2D eigenvalue weighted by molar-refractivity contribution is -0.135. The van der Waals surface area contributed by atoms with E-state index in [0.29, 0.717) is 13.1 Å². The van der Waals surface area contributed by atoms with Crippen molar-refractivity contribution >= 4 is 17.8 Å². The Labute approximate surface area is 97.8 Å². The molecule has 1 aliphatic rings. The van der Waals surface area contributed by atoms with Gasteiger partial charge in [-0.25, -0.2) is 9.67 Å². The van der Waals surface area contributed by atoms with E-state index in [1.54, 1.807) is 0 Å². The number of nitrogens with zero attached hydrogens (tertiary/aromatic N) is 4. The van der Waals surface area contributed by atoms with Gasteiger partial charge in [0.1, 0.15) is 12.9 Å². The van der Waals surface area contributed by atoms with Gasteiger partial charge in [-0.2, -0.15) is 0 Å². The second-order valence-corrected chi connectivity index (χ2v) is 3.82. The largest absolute Gasteiger partial charge is 0.367 e. The van der Waals surface area contributed by atoms with Crippen LogP contribution in [0.25, 0.3) is 0 Å². The van der Waals surface area contributed by atoms with Gasteiger partial charge < -0.3 is 16.0 Å². The summed E-state index contributed by atoms with van der Waals surface area (Å²) in [7, 11) is 0. The first kappa shape index (κ1) is 11.4. The van der Waals surface area contributed by atoms with Crippen molar-refractivity contribution in [3.8, 4) is 0 Å². The van der Waals surface area contributed by atoms with Crippen LogP contribution in [-0.4, -0.2) is 51.1 Å². The molecule has 0 aromatic carbocycles. The number of hydrogen-bond acceptors (Lipinski definition) is 5. The Morgan fingerprint density at radius 3 is 3.12 bits per heavy atom. The summed E-state index contributed by atoms with van der Waals surface area (Å²) in [5, 5.41) is 6.53. The lowest BCUT2D eigenvalue weighted by atomic mass is 10.4. The quantitative estimate of drug-likeness (QED) is 0.633. The fourth-order valence-electron chi connectivity index (χ4n) is 1.64. The van der Waals surface area contributed by atoms with Gasteiger partial charge >= 0.3 is 0 Å². The third-order valence-electron chi connectivity index (χ3n) is 2.47. The summed E-state index contributed by atoms with van der Waals surface area (Å²) in [4.78, 5) is 28.4. The zero-order valence-electron chi connectivity index (χ0n) is 9.30. The number of nitrogens with two attached hydrogens (primary N) is 1. The Balaban J connectivity index is 1.96. The molecule has 2 amide bonds. The Morgan fingerprint density at radius 2 is 2.41 bits per heavy atom. The molecule has 1 saturated heterocycles. The molecule has 0 spiro atoms. The molecule has 0 unspecified atom stereocenters. The molecule has 8 heteroatoms. The number of rotatable bonds is 2. The SMILES string of the molecule is Nc1ncn(CC(=O)N2CCCNC(=O)C2)n1. The third kappa shape index (κ3) is 2.92. The van der Waals surface area contributed by atoms with Gasteiger partial charge in [-0.05, 0) is 6.42 Å². The Hall–Kier alpha value is -2.12. The molecule has 1 aliphatic heterocycles. The third-order valence-corrected chi connectivity index (χ3v) is 2.47. The van der Waals surface area contributed by atoms with Gasteiger partial charge in [0.05, 0.1) is 6.54 Å². The summed E-state index contributed by atoms with van der Waals surface area (Å²) >= 11 is 0. The molecule has 0 radical (unpaired) electrons. The minimum absolute atomic E-state index is 0.0531. The van der Waals surface area contributed by atoms with E-state index in [0.717, 1.165) is 6.42 Å². The van der Waals surface area contributed by atoms with Crippen LogP contribution >= 0.6 is 0 Å². The summed E-state index contributed by atoms with van der Waals surface area (Å²) in [6.45, 7) is 1.33. The first-order valence-corrected chi connectivity index (χ1v) is 5.34. The summed E-state index contributed by atoms with van der Waals surface area (Å²) in [6, 6.07) is 0. The van der Waals surface area contributed by atoms with Gasteiger partial charge in [-0.3, -0.25) is 9.59 Å². The zero-order valence-corrected chi connectivity index (χ0v) is 9.30. The van der Waals surface area contributed by atoms with E-state index in [1.165, 1.54) is 15.9 Å². The monoisotopic (exact) mass is 238 g/mol. The van der Waals surface area contributed by atoms with Crippen LogP contribution < -0.4 is 11.1 Å². The summed E-state index contributed by atoms with van der Waals surface area (Å²) < 4.78 is 1.36. The summed E-state index contributed by atoms with van der Waals surface area (Å²) in [6.07, 6.45) is 2.15. The molecular formula is C9H14N6O2. The van der Waals surface area contributed by atoms with Gasteiger partial charge in [0.2, 0.25) is 17.8 Å². The number of nitrogens with one attached hydrogen (secondary N) is 1. The topological polar surface area (TPSA) is 106 Å². The predicted octanol–water partition coefficient (Wildman–Crippen LogP) is -1.79. The van der Waals surface area contributed by atoms with E-state index in [9.17, 15) is 9.59 Å². The van der Waals surface area contributed by atoms with Crippen molar-refractivity contribution < 1.29 is 9.59 Å². The minimum atomic E-state index is -0.160. The van der Waals surface area contributed by atoms with E-state index in [2.05, 4.69) is 15.4 Å². The highest BCUT2D eigenvalue weighted by atomic mass is 16.2. The molecule has 2 heterocycles. The van der Waals surface area contributed by atoms with E-state index < -0.39 is 0 Å². The van der Waals surface area contributed by atoms with Crippen LogP contribution in [0.2, 0.25) is 0 Å². The second kappa shape index (κ2) is 4.81. The average Bonchev–Trinajstić information content (AvgIpc) is 2.56. The molecule has 1 aromatic rings. The Morgan fingerprint density at radius 1 is 1.59 bits per heavy atom. The molecule has 2 rings (SSSR count). The predicted molar refractivity (Wildman–Crippen MR) is 58.6 cm³/mol. The van der Waals surface area contributed by atoms with Crippen LogP contribution in [0, 0.1) is 0 Å². The lowest BCUT2D eigenvalue weighted by Crippen LogP contribution is -2.39. The van der Waals surface area contributed by atoms with Crippen molar-refractivity contribution in [2.45, 2.75) is 13.0 Å². The highest BCUT2D eigenvalue weighted by Gasteiger charge is 2.20. The Bertz CT molecular complexity index is 429. The molecule has 0 atom stereocenters. The van der Waals surface area contributed by atoms with Crippen LogP contribution in [-0.2, 0) is 16.1 Å². The number of amides is 2. The fourth-order valence-corrected chi connectivity index (χ4v) is 1.64. The van der Waals surface area contributed by atoms with Gasteiger partial charge in [-0.15, -0.1) is 5.10 Å². The zero-order chi connectivity index (χ0) is 12.3. The van der Waals surface area contributed by atoms with Gasteiger partial charge in [0.15, 0.2) is 0 Å².